The average molecular weight is 515 g/mol. The van der Waals surface area contributed by atoms with Crippen molar-refractivity contribution >= 4 is 27.3 Å². The van der Waals surface area contributed by atoms with Crippen molar-refractivity contribution in [2.24, 2.45) is 5.14 Å². The number of rotatable bonds is 6. The van der Waals surface area contributed by atoms with Gasteiger partial charge in [0, 0.05) is 37.7 Å². The molecule has 0 saturated heterocycles. The monoisotopic (exact) mass is 514 g/mol. The minimum absolute atomic E-state index is 0.0984. The molecule has 8 nitrogen and oxygen atoms in total. The van der Waals surface area contributed by atoms with Crippen molar-refractivity contribution in [2.75, 3.05) is 23.9 Å². The number of anilines is 2. The number of pyridine rings is 1. The highest BCUT2D eigenvalue weighted by Gasteiger charge is 2.51. The maximum atomic E-state index is 13.9. The summed E-state index contributed by atoms with van der Waals surface area (Å²) in [5.74, 6) is -0.514. The molecule has 37 heavy (non-hydrogen) atoms. The van der Waals surface area contributed by atoms with Crippen molar-refractivity contribution in [3.8, 4) is 11.1 Å². The van der Waals surface area contributed by atoms with Gasteiger partial charge in [0.15, 0.2) is 5.60 Å². The van der Waals surface area contributed by atoms with Gasteiger partial charge in [-0.05, 0) is 64.7 Å². The van der Waals surface area contributed by atoms with E-state index in [-0.39, 0.29) is 17.0 Å². The lowest BCUT2D eigenvalue weighted by atomic mass is 9.87. The van der Waals surface area contributed by atoms with Gasteiger partial charge in [-0.15, -0.1) is 0 Å². The van der Waals surface area contributed by atoms with Crippen LogP contribution in [-0.4, -0.2) is 38.5 Å². The predicted octanol–water partition coefficient (Wildman–Crippen LogP) is 3.24. The van der Waals surface area contributed by atoms with E-state index in [1.54, 1.807) is 23.4 Å². The van der Waals surface area contributed by atoms with Crippen molar-refractivity contribution < 1.29 is 18.3 Å². The maximum absolute atomic E-state index is 13.9. The van der Waals surface area contributed by atoms with Crippen molar-refractivity contribution in [3.05, 3.63) is 108 Å². The van der Waals surface area contributed by atoms with Gasteiger partial charge in [0.2, 0.25) is 10.0 Å². The number of sulfonamides is 1. The van der Waals surface area contributed by atoms with Gasteiger partial charge >= 0.3 is 0 Å². The molecule has 0 aliphatic carbocycles. The molecule has 3 N–H and O–H groups in total. The molecule has 1 unspecified atom stereocenters. The van der Waals surface area contributed by atoms with Crippen LogP contribution in [0.15, 0.2) is 96.2 Å². The minimum atomic E-state index is -3.92. The van der Waals surface area contributed by atoms with Gasteiger partial charge in [0.1, 0.15) is 0 Å². The zero-order chi connectivity index (χ0) is 26.4. The number of carbonyl (C=O) groups is 1. The van der Waals surface area contributed by atoms with Crippen LogP contribution in [0.5, 0.6) is 0 Å². The maximum Gasteiger partial charge on any atom is 0.268 e. The highest BCUT2D eigenvalue weighted by Crippen LogP contribution is 2.46. The Balaban J connectivity index is 1.54. The van der Waals surface area contributed by atoms with Crippen LogP contribution in [-0.2, 0) is 27.0 Å². The predicted molar refractivity (Wildman–Crippen MR) is 142 cm³/mol. The SMILES string of the molecule is CN(C)c1ccc2c(c1)C(O)(c1ccc(S(N)(=O)=O)cc1)C(=O)N2Cc1ccc(-c2ccncc2)cc1. The average Bonchev–Trinajstić information content (AvgIpc) is 3.11. The first-order valence-electron chi connectivity index (χ1n) is 11.6. The molecule has 9 heteroatoms. The van der Waals surface area contributed by atoms with Gasteiger partial charge in [0.25, 0.3) is 5.91 Å². The molecule has 5 rings (SSSR count). The van der Waals surface area contributed by atoms with Crippen LogP contribution in [0.4, 0.5) is 11.4 Å². The number of fused-ring (bicyclic) bond motifs is 1. The number of nitrogens with two attached hydrogens (primary N) is 1. The second-order valence-corrected chi connectivity index (χ2v) is 10.8. The lowest BCUT2D eigenvalue weighted by Gasteiger charge is -2.24. The number of hydrogen-bond acceptors (Lipinski definition) is 6. The van der Waals surface area contributed by atoms with Gasteiger partial charge in [-0.3, -0.25) is 9.78 Å². The quantitative estimate of drug-likeness (QED) is 0.408. The summed E-state index contributed by atoms with van der Waals surface area (Å²) in [5.41, 5.74) is 3.07. The number of nitrogens with zero attached hydrogens (tertiary/aromatic N) is 3. The second-order valence-electron chi connectivity index (χ2n) is 9.20. The van der Waals surface area contributed by atoms with Crippen LogP contribution in [0.25, 0.3) is 11.1 Å². The number of amides is 1. The summed E-state index contributed by atoms with van der Waals surface area (Å²) in [6.45, 7) is 0.251. The van der Waals surface area contributed by atoms with Gasteiger partial charge in [-0.1, -0.05) is 36.4 Å². The standard InChI is InChI=1S/C28H26N4O4S/c1-31(2)23-9-12-26-25(17-23)28(34,22-7-10-24(11-8-22)37(29,35)36)27(33)32(26)18-19-3-5-20(6-4-19)21-13-15-30-16-14-21/h3-17,34H,18H2,1-2H3,(H2,29,35,36). The zero-order valence-corrected chi connectivity index (χ0v) is 21.2. The molecule has 0 spiro atoms. The Hall–Kier alpha value is -4.05. The topological polar surface area (TPSA) is 117 Å². The molecule has 1 atom stereocenters. The van der Waals surface area contributed by atoms with E-state index in [9.17, 15) is 18.3 Å². The third-order valence-electron chi connectivity index (χ3n) is 6.64. The van der Waals surface area contributed by atoms with Crippen molar-refractivity contribution in [2.45, 2.75) is 17.0 Å². The van der Waals surface area contributed by atoms with Gasteiger partial charge in [-0.2, -0.15) is 0 Å². The van der Waals surface area contributed by atoms with Gasteiger partial charge in [0.05, 0.1) is 17.1 Å². The number of aliphatic hydroxyl groups is 1. The largest absolute Gasteiger partial charge is 0.378 e. The summed E-state index contributed by atoms with van der Waals surface area (Å²) < 4.78 is 23.5. The molecule has 188 valence electrons. The number of primary sulfonamides is 1. The third kappa shape index (κ3) is 4.37. The lowest BCUT2D eigenvalue weighted by Crippen LogP contribution is -2.41. The van der Waals surface area contributed by atoms with E-state index < -0.39 is 21.5 Å². The first kappa shape index (κ1) is 24.6. The zero-order valence-electron chi connectivity index (χ0n) is 20.4. The molecule has 1 aliphatic rings. The molecule has 0 fully saturated rings. The summed E-state index contributed by atoms with van der Waals surface area (Å²) in [6, 6.07) is 22.7. The first-order valence-corrected chi connectivity index (χ1v) is 13.1. The Labute approximate surface area is 215 Å². The molecule has 0 saturated carbocycles. The number of carbonyl (C=O) groups excluding carboxylic acids is 1. The van der Waals surface area contributed by atoms with Crippen LogP contribution in [0.1, 0.15) is 16.7 Å². The van der Waals surface area contributed by atoms with Crippen LogP contribution in [0, 0.1) is 0 Å². The highest BCUT2D eigenvalue weighted by atomic mass is 32.2. The van der Waals surface area contributed by atoms with E-state index in [0.717, 1.165) is 22.4 Å². The van der Waals surface area contributed by atoms with Crippen molar-refractivity contribution in [3.63, 3.8) is 0 Å². The molecule has 0 bridgehead atoms. The Morgan fingerprint density at radius 1 is 0.919 bits per heavy atom. The van der Waals surface area contributed by atoms with E-state index in [4.69, 9.17) is 5.14 Å². The summed E-state index contributed by atoms with van der Waals surface area (Å²) in [6.07, 6.45) is 3.47. The summed E-state index contributed by atoms with van der Waals surface area (Å²) >= 11 is 0. The Morgan fingerprint density at radius 3 is 2.14 bits per heavy atom. The molecule has 4 aromatic rings. The van der Waals surface area contributed by atoms with Gasteiger partial charge < -0.3 is 14.9 Å². The Bertz CT molecular complexity index is 1570. The van der Waals surface area contributed by atoms with Crippen LogP contribution < -0.4 is 14.9 Å². The second kappa shape index (κ2) is 9.11. The van der Waals surface area contributed by atoms with Crippen LogP contribution >= 0.6 is 0 Å². The molecular formula is C28H26N4O4S. The molecular weight excluding hydrogens is 488 g/mol. The Morgan fingerprint density at radius 2 is 1.54 bits per heavy atom. The highest BCUT2D eigenvalue weighted by molar-refractivity contribution is 7.89. The van der Waals surface area contributed by atoms with E-state index >= 15 is 0 Å². The molecule has 1 amide bonds. The molecule has 0 radical (unpaired) electrons. The fourth-order valence-corrected chi connectivity index (χ4v) is 5.11. The van der Waals surface area contributed by atoms with E-state index in [1.165, 1.54) is 24.3 Å². The Kier molecular flexibility index (Phi) is 6.07. The van der Waals surface area contributed by atoms with Crippen molar-refractivity contribution in [1.82, 2.24) is 4.98 Å². The van der Waals surface area contributed by atoms with Crippen molar-refractivity contribution in [1.29, 1.82) is 0 Å². The van der Waals surface area contributed by atoms with Gasteiger partial charge in [-0.25, -0.2) is 13.6 Å². The smallest absolute Gasteiger partial charge is 0.268 e. The van der Waals surface area contributed by atoms with E-state index in [2.05, 4.69) is 4.98 Å². The van der Waals surface area contributed by atoms with Crippen LogP contribution in [0.3, 0.4) is 0 Å². The molecule has 2 heterocycles. The number of aromatic nitrogens is 1. The summed E-state index contributed by atoms with van der Waals surface area (Å²) in [7, 11) is -0.166. The minimum Gasteiger partial charge on any atom is -0.378 e. The number of benzene rings is 3. The fraction of sp³-hybridized carbons (Fsp3) is 0.143. The lowest BCUT2D eigenvalue weighted by molar-refractivity contribution is -0.132. The van der Waals surface area contributed by atoms with E-state index in [1.807, 2.05) is 67.5 Å². The molecule has 1 aromatic heterocycles. The van der Waals surface area contributed by atoms with E-state index in [0.29, 0.717) is 11.3 Å². The fourth-order valence-electron chi connectivity index (χ4n) is 4.60. The summed E-state index contributed by atoms with van der Waals surface area (Å²) in [5, 5.41) is 17.2. The number of hydrogen-bond donors (Lipinski definition) is 2. The normalized spacial score (nSPS) is 17.1. The summed E-state index contributed by atoms with van der Waals surface area (Å²) in [4.78, 5) is 21.3. The molecule has 3 aromatic carbocycles. The van der Waals surface area contributed by atoms with Crippen LogP contribution in [0.2, 0.25) is 0 Å². The molecule has 1 aliphatic heterocycles. The first-order chi connectivity index (χ1) is 17.6. The third-order valence-corrected chi connectivity index (χ3v) is 7.57.